The topological polar surface area (TPSA) is 87.3 Å². The van der Waals surface area contributed by atoms with Crippen LogP contribution in [0.4, 0.5) is 14.5 Å². The molecule has 1 saturated heterocycles. The van der Waals surface area contributed by atoms with E-state index < -0.39 is 11.6 Å². The van der Waals surface area contributed by atoms with E-state index >= 15 is 0 Å². The van der Waals surface area contributed by atoms with E-state index in [1.54, 1.807) is 35.3 Å². The van der Waals surface area contributed by atoms with Crippen molar-refractivity contribution in [3.8, 4) is 5.75 Å². The molecular formula is C24H24F2N4O3. The molecule has 33 heavy (non-hydrogen) atoms. The number of benzene rings is 2. The van der Waals surface area contributed by atoms with Crippen LogP contribution in [-0.2, 0) is 9.59 Å². The lowest BCUT2D eigenvalue weighted by Gasteiger charge is -2.30. The number of nitrogens with zero attached hydrogens (tertiary/aromatic N) is 2. The van der Waals surface area contributed by atoms with Gasteiger partial charge in [-0.25, -0.2) is 8.78 Å². The Bertz CT molecular complexity index is 1230. The van der Waals surface area contributed by atoms with E-state index in [1.807, 2.05) is 0 Å². The van der Waals surface area contributed by atoms with Gasteiger partial charge in [-0.15, -0.1) is 0 Å². The Morgan fingerprint density at radius 1 is 1.15 bits per heavy atom. The van der Waals surface area contributed by atoms with Crippen LogP contribution in [0, 0.1) is 17.6 Å². The number of aromatic nitrogens is 2. The Morgan fingerprint density at radius 2 is 1.91 bits per heavy atom. The molecule has 2 heterocycles. The minimum Gasteiger partial charge on any atom is -0.494 e. The molecule has 0 aliphatic carbocycles. The molecule has 9 heteroatoms. The number of rotatable bonds is 5. The number of amides is 2. The average molecular weight is 454 g/mol. The first kappa shape index (κ1) is 22.4. The number of methoxy groups -OCH3 is 1. The van der Waals surface area contributed by atoms with Crippen molar-refractivity contribution in [2.45, 2.75) is 19.8 Å². The molecule has 0 radical (unpaired) electrons. The zero-order valence-corrected chi connectivity index (χ0v) is 18.3. The minimum absolute atomic E-state index is 0.00928. The number of aromatic amines is 1. The van der Waals surface area contributed by atoms with Crippen molar-refractivity contribution in [2.24, 2.45) is 5.92 Å². The van der Waals surface area contributed by atoms with Gasteiger partial charge in [0.1, 0.15) is 5.82 Å². The number of hydrogen-bond acceptors (Lipinski definition) is 4. The summed E-state index contributed by atoms with van der Waals surface area (Å²) in [6.45, 7) is 2.54. The predicted octanol–water partition coefficient (Wildman–Crippen LogP) is 4.22. The Morgan fingerprint density at radius 3 is 2.61 bits per heavy atom. The molecule has 0 unspecified atom stereocenters. The first-order valence-electron chi connectivity index (χ1n) is 10.6. The molecule has 1 aliphatic heterocycles. The van der Waals surface area contributed by atoms with Crippen LogP contribution in [0.5, 0.6) is 5.75 Å². The fourth-order valence-electron chi connectivity index (χ4n) is 3.93. The third-order valence-electron chi connectivity index (χ3n) is 5.86. The molecule has 0 spiro atoms. The van der Waals surface area contributed by atoms with Crippen molar-refractivity contribution in [3.05, 3.63) is 53.2 Å². The van der Waals surface area contributed by atoms with Crippen LogP contribution in [0.3, 0.4) is 0 Å². The van der Waals surface area contributed by atoms with Crippen LogP contribution in [0.1, 0.15) is 31.0 Å². The third-order valence-corrected chi connectivity index (χ3v) is 5.86. The second-order valence-corrected chi connectivity index (χ2v) is 7.98. The van der Waals surface area contributed by atoms with Crippen LogP contribution in [0.2, 0.25) is 0 Å². The summed E-state index contributed by atoms with van der Waals surface area (Å²) in [5, 5.41) is 10.3. The van der Waals surface area contributed by atoms with E-state index in [-0.39, 0.29) is 29.2 Å². The number of halogens is 2. The van der Waals surface area contributed by atoms with E-state index in [9.17, 15) is 18.4 Å². The highest BCUT2D eigenvalue weighted by atomic mass is 19.1. The van der Waals surface area contributed by atoms with Crippen LogP contribution >= 0.6 is 0 Å². The number of fused-ring (bicyclic) bond motifs is 1. The molecule has 0 atom stereocenters. The van der Waals surface area contributed by atoms with Crippen molar-refractivity contribution >= 4 is 40.6 Å². The van der Waals surface area contributed by atoms with Gasteiger partial charge in [-0.3, -0.25) is 14.7 Å². The summed E-state index contributed by atoms with van der Waals surface area (Å²) in [6, 6.07) is 7.30. The first-order chi connectivity index (χ1) is 15.9. The number of ether oxygens (including phenoxy) is 1. The average Bonchev–Trinajstić information content (AvgIpc) is 3.20. The van der Waals surface area contributed by atoms with Gasteiger partial charge in [0.15, 0.2) is 11.6 Å². The maximum absolute atomic E-state index is 14.6. The zero-order chi connectivity index (χ0) is 23.5. The number of H-pyrrole nitrogens is 1. The third kappa shape index (κ3) is 4.87. The molecule has 0 bridgehead atoms. The van der Waals surface area contributed by atoms with Gasteiger partial charge < -0.3 is 15.0 Å². The zero-order valence-electron chi connectivity index (χ0n) is 18.3. The lowest BCUT2D eigenvalue weighted by atomic mass is 9.95. The summed E-state index contributed by atoms with van der Waals surface area (Å²) in [5.41, 5.74) is 1.80. The molecule has 2 N–H and O–H groups in total. The van der Waals surface area contributed by atoms with E-state index in [4.69, 9.17) is 4.74 Å². The van der Waals surface area contributed by atoms with Crippen LogP contribution in [0.25, 0.3) is 23.1 Å². The lowest BCUT2D eigenvalue weighted by Crippen LogP contribution is -2.40. The standard InChI is InChI=1S/C24H24F2N4O3/c1-14(31)30-9-7-16(8-10-30)24(32)27-22-12-17-20(28-29-21(17)13-19(22)26)6-4-15-3-5-18(25)23(11-15)33-2/h3-6,11-13,16H,7-10H2,1-2H3,(H,27,32)(H,28,29). The molecule has 1 fully saturated rings. The fraction of sp³-hybridized carbons (Fsp3) is 0.292. The van der Waals surface area contributed by atoms with E-state index in [0.29, 0.717) is 48.1 Å². The Hall–Kier alpha value is -3.75. The highest BCUT2D eigenvalue weighted by Crippen LogP contribution is 2.27. The second-order valence-electron chi connectivity index (χ2n) is 7.98. The van der Waals surface area contributed by atoms with Crippen LogP contribution in [-0.4, -0.2) is 47.1 Å². The van der Waals surface area contributed by atoms with Gasteiger partial charge in [0, 0.05) is 37.4 Å². The summed E-state index contributed by atoms with van der Waals surface area (Å²) in [7, 11) is 1.39. The van der Waals surface area contributed by atoms with Gasteiger partial charge in [0.05, 0.1) is 24.0 Å². The van der Waals surface area contributed by atoms with E-state index in [0.717, 1.165) is 0 Å². The molecule has 172 valence electrons. The highest BCUT2D eigenvalue weighted by molar-refractivity contribution is 5.97. The molecule has 0 saturated carbocycles. The SMILES string of the molecule is COc1cc(C=Cc2n[nH]c3cc(F)c(NC(=O)C4CCN(C(C)=O)CC4)cc23)ccc1F. The molecular weight excluding hydrogens is 430 g/mol. The number of anilines is 1. The predicted molar refractivity (Wildman–Crippen MR) is 122 cm³/mol. The van der Waals surface area contributed by atoms with Crippen molar-refractivity contribution in [1.82, 2.24) is 15.1 Å². The Labute approximate surface area is 189 Å². The molecule has 1 aromatic heterocycles. The van der Waals surface area contributed by atoms with E-state index in [1.165, 1.54) is 26.2 Å². The summed E-state index contributed by atoms with van der Waals surface area (Å²) in [4.78, 5) is 25.9. The van der Waals surface area contributed by atoms with Crippen molar-refractivity contribution < 1.29 is 23.1 Å². The molecule has 2 aromatic carbocycles. The monoisotopic (exact) mass is 454 g/mol. The van der Waals surface area contributed by atoms with Crippen molar-refractivity contribution in [3.63, 3.8) is 0 Å². The maximum Gasteiger partial charge on any atom is 0.227 e. The van der Waals surface area contributed by atoms with Crippen molar-refractivity contribution in [2.75, 3.05) is 25.5 Å². The highest BCUT2D eigenvalue weighted by Gasteiger charge is 2.26. The number of nitrogens with one attached hydrogen (secondary N) is 2. The molecule has 1 aliphatic rings. The van der Waals surface area contributed by atoms with Crippen molar-refractivity contribution in [1.29, 1.82) is 0 Å². The molecule has 3 aromatic rings. The fourth-order valence-corrected chi connectivity index (χ4v) is 3.93. The summed E-state index contributed by atoms with van der Waals surface area (Å²) < 4.78 is 33.2. The number of carbonyl (C=O) groups excluding carboxylic acids is 2. The number of carbonyl (C=O) groups is 2. The van der Waals surface area contributed by atoms with Gasteiger partial charge in [0.25, 0.3) is 0 Å². The molecule has 2 amide bonds. The van der Waals surface area contributed by atoms with Gasteiger partial charge >= 0.3 is 0 Å². The number of likely N-dealkylation sites (tertiary alicyclic amines) is 1. The van der Waals surface area contributed by atoms with Gasteiger partial charge in [-0.05, 0) is 42.7 Å². The van der Waals surface area contributed by atoms with E-state index in [2.05, 4.69) is 15.5 Å². The quantitative estimate of drug-likeness (QED) is 0.605. The van der Waals surface area contributed by atoms with Gasteiger partial charge in [0.2, 0.25) is 11.8 Å². The normalized spacial score (nSPS) is 14.7. The van der Waals surface area contributed by atoms with Crippen LogP contribution in [0.15, 0.2) is 30.3 Å². The number of piperidine rings is 1. The largest absolute Gasteiger partial charge is 0.494 e. The van der Waals surface area contributed by atoms with Crippen LogP contribution < -0.4 is 10.1 Å². The first-order valence-corrected chi connectivity index (χ1v) is 10.6. The Balaban J connectivity index is 1.52. The summed E-state index contributed by atoms with van der Waals surface area (Å²) >= 11 is 0. The second kappa shape index (κ2) is 9.40. The lowest BCUT2D eigenvalue weighted by molar-refractivity contribution is -0.132. The number of hydrogen-bond donors (Lipinski definition) is 2. The minimum atomic E-state index is -0.570. The maximum atomic E-state index is 14.6. The Kier molecular flexibility index (Phi) is 6.39. The molecule has 7 nitrogen and oxygen atoms in total. The summed E-state index contributed by atoms with van der Waals surface area (Å²) in [6.07, 6.45) is 4.53. The van der Waals surface area contributed by atoms with Gasteiger partial charge in [-0.1, -0.05) is 12.1 Å². The summed E-state index contributed by atoms with van der Waals surface area (Å²) in [5.74, 6) is -1.46. The molecule has 4 rings (SSSR count). The van der Waals surface area contributed by atoms with Gasteiger partial charge in [-0.2, -0.15) is 5.10 Å². The smallest absolute Gasteiger partial charge is 0.227 e.